The van der Waals surface area contributed by atoms with Gasteiger partial charge in [-0.2, -0.15) is 0 Å². The van der Waals surface area contributed by atoms with Crippen molar-refractivity contribution in [3.8, 4) is 10.6 Å². The summed E-state index contributed by atoms with van der Waals surface area (Å²) in [6.07, 6.45) is 3.36. The molecule has 29 heavy (non-hydrogen) atoms. The van der Waals surface area contributed by atoms with Crippen LogP contribution >= 0.6 is 22.9 Å². The van der Waals surface area contributed by atoms with E-state index in [4.69, 9.17) is 16.6 Å². The van der Waals surface area contributed by atoms with Crippen molar-refractivity contribution < 1.29 is 4.79 Å². The van der Waals surface area contributed by atoms with Gasteiger partial charge in [-0.25, -0.2) is 9.78 Å². The van der Waals surface area contributed by atoms with Gasteiger partial charge in [-0.05, 0) is 72.7 Å². The zero-order chi connectivity index (χ0) is 20.2. The van der Waals surface area contributed by atoms with Gasteiger partial charge in [0.25, 0.3) is 0 Å². The second kappa shape index (κ2) is 8.47. The SMILES string of the molecule is Cc1ccc2nc(-c3ccc(NC(=O)N/C=C/c4cccc(Cl)c4)cc3)sc2c1. The van der Waals surface area contributed by atoms with Crippen LogP contribution in [0.5, 0.6) is 0 Å². The van der Waals surface area contributed by atoms with Gasteiger partial charge in [0.05, 0.1) is 10.2 Å². The molecule has 0 fully saturated rings. The van der Waals surface area contributed by atoms with Crippen LogP contribution in [0, 0.1) is 6.92 Å². The van der Waals surface area contributed by atoms with E-state index in [1.165, 1.54) is 10.3 Å². The van der Waals surface area contributed by atoms with Crippen molar-refractivity contribution in [1.29, 1.82) is 0 Å². The Balaban J connectivity index is 1.39. The Bertz CT molecular complexity index is 1200. The molecule has 1 aromatic heterocycles. The van der Waals surface area contributed by atoms with Gasteiger partial charge in [-0.1, -0.05) is 29.8 Å². The molecule has 0 bridgehead atoms. The molecule has 4 aromatic rings. The van der Waals surface area contributed by atoms with E-state index in [0.717, 1.165) is 21.7 Å². The molecule has 6 heteroatoms. The third kappa shape index (κ3) is 4.83. The van der Waals surface area contributed by atoms with Gasteiger partial charge in [0.1, 0.15) is 5.01 Å². The van der Waals surface area contributed by atoms with Crippen molar-refractivity contribution in [3.63, 3.8) is 0 Å². The summed E-state index contributed by atoms with van der Waals surface area (Å²) in [5, 5.41) is 7.11. The van der Waals surface area contributed by atoms with Crippen molar-refractivity contribution in [3.05, 3.63) is 89.1 Å². The molecule has 1 heterocycles. The molecule has 4 rings (SSSR count). The van der Waals surface area contributed by atoms with Crippen LogP contribution in [0.15, 0.2) is 72.9 Å². The number of amides is 2. The van der Waals surface area contributed by atoms with Crippen LogP contribution in [-0.2, 0) is 0 Å². The molecule has 0 atom stereocenters. The molecule has 4 nitrogen and oxygen atoms in total. The van der Waals surface area contributed by atoms with Crippen molar-refractivity contribution >= 4 is 50.9 Å². The fourth-order valence-electron chi connectivity index (χ4n) is 2.84. The molecule has 0 saturated carbocycles. The number of hydrogen-bond donors (Lipinski definition) is 2. The lowest BCUT2D eigenvalue weighted by Crippen LogP contribution is -2.23. The molecule has 3 aromatic carbocycles. The lowest BCUT2D eigenvalue weighted by molar-refractivity contribution is 0.255. The maximum Gasteiger partial charge on any atom is 0.323 e. The number of fused-ring (bicyclic) bond motifs is 1. The average Bonchev–Trinajstić information content (AvgIpc) is 3.12. The van der Waals surface area contributed by atoms with Gasteiger partial charge in [0.15, 0.2) is 0 Å². The highest BCUT2D eigenvalue weighted by Crippen LogP contribution is 2.31. The lowest BCUT2D eigenvalue weighted by atomic mass is 10.2. The largest absolute Gasteiger partial charge is 0.323 e. The van der Waals surface area contributed by atoms with Crippen molar-refractivity contribution in [2.24, 2.45) is 0 Å². The van der Waals surface area contributed by atoms with E-state index in [-0.39, 0.29) is 6.03 Å². The highest BCUT2D eigenvalue weighted by molar-refractivity contribution is 7.21. The summed E-state index contributed by atoms with van der Waals surface area (Å²) in [5.74, 6) is 0. The summed E-state index contributed by atoms with van der Waals surface area (Å²) in [5.41, 5.74) is 4.87. The Morgan fingerprint density at radius 3 is 2.69 bits per heavy atom. The van der Waals surface area contributed by atoms with Gasteiger partial charge in [-0.15, -0.1) is 11.3 Å². The highest BCUT2D eigenvalue weighted by Gasteiger charge is 2.07. The van der Waals surface area contributed by atoms with Gasteiger partial charge in [0.2, 0.25) is 0 Å². The number of halogens is 1. The van der Waals surface area contributed by atoms with E-state index in [1.807, 2.05) is 48.5 Å². The number of hydrogen-bond acceptors (Lipinski definition) is 3. The van der Waals surface area contributed by atoms with Crippen molar-refractivity contribution in [2.75, 3.05) is 5.32 Å². The fraction of sp³-hybridized carbons (Fsp3) is 0.0435. The minimum atomic E-state index is -0.313. The second-order valence-corrected chi connectivity index (χ2v) is 8.02. The zero-order valence-corrected chi connectivity index (χ0v) is 17.2. The Morgan fingerprint density at radius 1 is 1.07 bits per heavy atom. The average molecular weight is 420 g/mol. The summed E-state index contributed by atoms with van der Waals surface area (Å²) in [7, 11) is 0. The van der Waals surface area contributed by atoms with Crippen LogP contribution in [0.4, 0.5) is 10.5 Å². The monoisotopic (exact) mass is 419 g/mol. The minimum absolute atomic E-state index is 0.313. The van der Waals surface area contributed by atoms with E-state index in [2.05, 4.69) is 29.7 Å². The summed E-state index contributed by atoms with van der Waals surface area (Å²) >= 11 is 7.61. The Morgan fingerprint density at radius 2 is 1.90 bits per heavy atom. The minimum Gasteiger partial charge on any atom is -0.314 e. The second-order valence-electron chi connectivity index (χ2n) is 6.55. The summed E-state index contributed by atoms with van der Waals surface area (Å²) in [6, 6.07) is 21.0. The number of thiazole rings is 1. The molecule has 0 aliphatic heterocycles. The molecule has 0 spiro atoms. The van der Waals surface area contributed by atoms with Gasteiger partial charge in [0, 0.05) is 22.5 Å². The number of nitrogens with zero attached hydrogens (tertiary/aromatic N) is 1. The topological polar surface area (TPSA) is 54.0 Å². The molecule has 0 unspecified atom stereocenters. The molecule has 2 amide bonds. The highest BCUT2D eigenvalue weighted by atomic mass is 35.5. The first-order valence-electron chi connectivity index (χ1n) is 9.04. The molecule has 0 aliphatic carbocycles. The smallest absolute Gasteiger partial charge is 0.314 e. The summed E-state index contributed by atoms with van der Waals surface area (Å²) < 4.78 is 1.17. The van der Waals surface area contributed by atoms with E-state index >= 15 is 0 Å². The number of rotatable bonds is 4. The third-order valence-corrected chi connectivity index (χ3v) is 5.57. The molecular formula is C23H18ClN3OS. The number of urea groups is 1. The molecule has 0 aliphatic rings. The van der Waals surface area contributed by atoms with Crippen LogP contribution < -0.4 is 10.6 Å². The Labute approximate surface area is 177 Å². The predicted octanol–water partition coefficient (Wildman–Crippen LogP) is 6.72. The number of carbonyl (C=O) groups is 1. The molecule has 0 saturated heterocycles. The molecule has 2 N–H and O–H groups in total. The molecular weight excluding hydrogens is 402 g/mol. The third-order valence-electron chi connectivity index (χ3n) is 4.27. The van der Waals surface area contributed by atoms with Crippen LogP contribution in [0.1, 0.15) is 11.1 Å². The van der Waals surface area contributed by atoms with E-state index in [0.29, 0.717) is 10.7 Å². The fourth-order valence-corrected chi connectivity index (χ4v) is 4.11. The summed E-state index contributed by atoms with van der Waals surface area (Å²) in [6.45, 7) is 2.08. The number of aromatic nitrogens is 1. The van der Waals surface area contributed by atoms with E-state index < -0.39 is 0 Å². The van der Waals surface area contributed by atoms with Crippen molar-refractivity contribution in [2.45, 2.75) is 6.92 Å². The number of aryl methyl sites for hydroxylation is 1. The van der Waals surface area contributed by atoms with Gasteiger partial charge in [-0.3, -0.25) is 0 Å². The number of benzene rings is 3. The zero-order valence-electron chi connectivity index (χ0n) is 15.6. The van der Waals surface area contributed by atoms with Gasteiger partial charge >= 0.3 is 6.03 Å². The van der Waals surface area contributed by atoms with Crippen LogP contribution in [0.3, 0.4) is 0 Å². The number of nitrogens with one attached hydrogen (secondary N) is 2. The van der Waals surface area contributed by atoms with Gasteiger partial charge < -0.3 is 10.6 Å². The van der Waals surface area contributed by atoms with E-state index in [9.17, 15) is 4.79 Å². The maximum atomic E-state index is 12.1. The maximum absolute atomic E-state index is 12.1. The molecule has 0 radical (unpaired) electrons. The normalized spacial score (nSPS) is 11.1. The van der Waals surface area contributed by atoms with Crippen LogP contribution in [0.25, 0.3) is 26.9 Å². The Kier molecular flexibility index (Phi) is 5.60. The lowest BCUT2D eigenvalue weighted by Gasteiger charge is -2.05. The standard InChI is InChI=1S/C23H18ClN3OS/c1-15-5-10-20-21(13-15)29-22(27-20)17-6-8-19(9-7-17)26-23(28)25-12-11-16-3-2-4-18(24)14-16/h2-14H,1H3,(H2,25,26,28)/b12-11+. The first-order valence-corrected chi connectivity index (χ1v) is 10.2. The number of anilines is 1. The quantitative estimate of drug-likeness (QED) is 0.386. The summed E-state index contributed by atoms with van der Waals surface area (Å²) in [4.78, 5) is 16.8. The van der Waals surface area contributed by atoms with Crippen molar-refractivity contribution in [1.82, 2.24) is 10.3 Å². The predicted molar refractivity (Wildman–Crippen MR) is 122 cm³/mol. The first kappa shape index (κ1) is 19.2. The molecule has 144 valence electrons. The van der Waals surface area contributed by atoms with E-state index in [1.54, 1.807) is 29.7 Å². The number of carbonyl (C=O) groups excluding carboxylic acids is 1. The van der Waals surface area contributed by atoms with Crippen LogP contribution in [0.2, 0.25) is 5.02 Å². The Hall–Kier alpha value is -3.15. The first-order chi connectivity index (χ1) is 14.1. The van der Waals surface area contributed by atoms with Crippen LogP contribution in [-0.4, -0.2) is 11.0 Å².